The van der Waals surface area contributed by atoms with Crippen molar-refractivity contribution in [2.75, 3.05) is 11.1 Å². The van der Waals surface area contributed by atoms with Gasteiger partial charge in [-0.1, -0.05) is 17.7 Å². The number of carboxylic acid groups (broad SMARTS) is 1. The Morgan fingerprint density at radius 2 is 1.83 bits per heavy atom. The Balaban J connectivity index is 2.39. The quantitative estimate of drug-likeness (QED) is 0.742. The third-order valence-electron chi connectivity index (χ3n) is 2.44. The minimum atomic E-state index is -1.03. The van der Waals surface area contributed by atoms with Gasteiger partial charge < -0.3 is 16.2 Å². The molecule has 2 rings (SSSR count). The first-order chi connectivity index (χ1) is 8.58. The van der Waals surface area contributed by atoms with Crippen molar-refractivity contribution in [3.05, 3.63) is 53.1 Å². The molecule has 2 aromatic rings. The molecule has 0 aromatic heterocycles. The van der Waals surface area contributed by atoms with Gasteiger partial charge in [0.05, 0.1) is 16.9 Å². The average molecular weight is 263 g/mol. The molecule has 4 N–H and O–H groups in total. The lowest BCUT2D eigenvalue weighted by Gasteiger charge is -2.12. The molecule has 0 fully saturated rings. The first-order valence-corrected chi connectivity index (χ1v) is 5.60. The predicted molar refractivity (Wildman–Crippen MR) is 72.5 cm³/mol. The second-order valence-corrected chi connectivity index (χ2v) is 4.14. The SMILES string of the molecule is Nc1cccc(C(=O)O)c1Nc1ccc(Cl)cc1. The van der Waals surface area contributed by atoms with Crippen LogP contribution in [0.2, 0.25) is 5.02 Å². The molecule has 0 saturated heterocycles. The molecule has 0 amide bonds. The van der Waals surface area contributed by atoms with Crippen LogP contribution < -0.4 is 11.1 Å². The highest BCUT2D eigenvalue weighted by Crippen LogP contribution is 2.27. The Hall–Kier alpha value is -2.20. The molecule has 0 radical (unpaired) electrons. The topological polar surface area (TPSA) is 75.4 Å². The number of hydrogen-bond donors (Lipinski definition) is 3. The van der Waals surface area contributed by atoms with Crippen LogP contribution in [0.3, 0.4) is 0 Å². The van der Waals surface area contributed by atoms with Crippen LogP contribution in [0.1, 0.15) is 10.4 Å². The van der Waals surface area contributed by atoms with E-state index in [9.17, 15) is 4.79 Å². The molecule has 0 heterocycles. The number of halogens is 1. The van der Waals surface area contributed by atoms with Crippen molar-refractivity contribution in [2.45, 2.75) is 0 Å². The van der Waals surface area contributed by atoms with Crippen molar-refractivity contribution in [1.29, 1.82) is 0 Å². The van der Waals surface area contributed by atoms with Gasteiger partial charge in [0.2, 0.25) is 0 Å². The number of nitrogens with one attached hydrogen (secondary N) is 1. The molecule has 92 valence electrons. The van der Waals surface area contributed by atoms with Gasteiger partial charge in [-0.05, 0) is 36.4 Å². The summed E-state index contributed by atoms with van der Waals surface area (Å²) in [5.41, 5.74) is 7.40. The zero-order valence-electron chi connectivity index (χ0n) is 9.35. The number of carboxylic acids is 1. The number of aromatic carboxylic acids is 1. The summed E-state index contributed by atoms with van der Waals surface area (Å²) in [6.45, 7) is 0. The van der Waals surface area contributed by atoms with Gasteiger partial charge in [0.15, 0.2) is 0 Å². The maximum atomic E-state index is 11.1. The summed E-state index contributed by atoms with van der Waals surface area (Å²) in [6, 6.07) is 11.7. The van der Waals surface area contributed by atoms with Crippen LogP contribution in [-0.2, 0) is 0 Å². The lowest BCUT2D eigenvalue weighted by molar-refractivity contribution is 0.0698. The molecular weight excluding hydrogens is 252 g/mol. The van der Waals surface area contributed by atoms with Crippen LogP contribution in [0.25, 0.3) is 0 Å². The van der Waals surface area contributed by atoms with E-state index in [-0.39, 0.29) is 5.56 Å². The summed E-state index contributed by atoms with van der Waals surface area (Å²) < 4.78 is 0. The molecule has 0 aliphatic carbocycles. The summed E-state index contributed by atoms with van der Waals surface area (Å²) in [5, 5.41) is 12.7. The lowest BCUT2D eigenvalue weighted by atomic mass is 10.1. The summed E-state index contributed by atoms with van der Waals surface area (Å²) >= 11 is 5.78. The smallest absolute Gasteiger partial charge is 0.337 e. The van der Waals surface area contributed by atoms with E-state index in [1.807, 2.05) is 0 Å². The van der Waals surface area contributed by atoms with E-state index in [1.165, 1.54) is 6.07 Å². The molecule has 0 unspecified atom stereocenters. The fourth-order valence-electron chi connectivity index (χ4n) is 1.57. The van der Waals surface area contributed by atoms with Crippen LogP contribution in [0.4, 0.5) is 17.1 Å². The van der Waals surface area contributed by atoms with Crippen LogP contribution in [0.15, 0.2) is 42.5 Å². The summed E-state index contributed by atoms with van der Waals surface area (Å²) in [4.78, 5) is 11.1. The van der Waals surface area contributed by atoms with Gasteiger partial charge in [0.1, 0.15) is 0 Å². The highest BCUT2D eigenvalue weighted by atomic mass is 35.5. The Bertz CT molecular complexity index is 582. The normalized spacial score (nSPS) is 10.1. The van der Waals surface area contributed by atoms with Gasteiger partial charge in [0, 0.05) is 10.7 Å². The number of hydrogen-bond acceptors (Lipinski definition) is 3. The van der Waals surface area contributed by atoms with Crippen molar-refractivity contribution in [1.82, 2.24) is 0 Å². The minimum absolute atomic E-state index is 0.130. The molecule has 0 saturated carbocycles. The van der Waals surface area contributed by atoms with E-state index in [1.54, 1.807) is 36.4 Å². The van der Waals surface area contributed by atoms with Gasteiger partial charge in [-0.3, -0.25) is 0 Å². The highest BCUT2D eigenvalue weighted by Gasteiger charge is 2.12. The number of benzene rings is 2. The Kier molecular flexibility index (Phi) is 3.39. The van der Waals surface area contributed by atoms with Crippen LogP contribution >= 0.6 is 11.6 Å². The van der Waals surface area contributed by atoms with Crippen LogP contribution in [-0.4, -0.2) is 11.1 Å². The molecule has 0 bridgehead atoms. The fraction of sp³-hybridized carbons (Fsp3) is 0. The molecule has 0 atom stereocenters. The predicted octanol–water partition coefficient (Wildman–Crippen LogP) is 3.36. The van der Waals surface area contributed by atoms with Crippen molar-refractivity contribution in [3.8, 4) is 0 Å². The van der Waals surface area contributed by atoms with Gasteiger partial charge in [-0.15, -0.1) is 0 Å². The number of carbonyl (C=O) groups is 1. The second-order valence-electron chi connectivity index (χ2n) is 3.71. The van der Waals surface area contributed by atoms with E-state index in [0.717, 1.165) is 5.69 Å². The minimum Gasteiger partial charge on any atom is -0.478 e. The first-order valence-electron chi connectivity index (χ1n) is 5.22. The Labute approximate surface area is 109 Å². The molecule has 18 heavy (non-hydrogen) atoms. The van der Waals surface area contributed by atoms with Gasteiger partial charge in [-0.2, -0.15) is 0 Å². The lowest BCUT2D eigenvalue weighted by Crippen LogP contribution is -2.05. The van der Waals surface area contributed by atoms with E-state index in [0.29, 0.717) is 16.4 Å². The zero-order chi connectivity index (χ0) is 13.1. The van der Waals surface area contributed by atoms with E-state index < -0.39 is 5.97 Å². The molecular formula is C13H11ClN2O2. The third-order valence-corrected chi connectivity index (χ3v) is 2.69. The van der Waals surface area contributed by atoms with Crippen molar-refractivity contribution in [2.24, 2.45) is 0 Å². The number of para-hydroxylation sites is 1. The maximum Gasteiger partial charge on any atom is 0.337 e. The number of nitrogen functional groups attached to an aromatic ring is 1. The monoisotopic (exact) mass is 262 g/mol. The van der Waals surface area contributed by atoms with Crippen molar-refractivity contribution in [3.63, 3.8) is 0 Å². The van der Waals surface area contributed by atoms with Crippen LogP contribution in [0, 0.1) is 0 Å². The molecule has 0 aliphatic rings. The maximum absolute atomic E-state index is 11.1. The van der Waals surface area contributed by atoms with Crippen molar-refractivity contribution < 1.29 is 9.90 Å². The average Bonchev–Trinajstić information content (AvgIpc) is 2.34. The van der Waals surface area contributed by atoms with Gasteiger partial charge >= 0.3 is 5.97 Å². The van der Waals surface area contributed by atoms with E-state index in [2.05, 4.69) is 5.32 Å². The van der Waals surface area contributed by atoms with Crippen LogP contribution in [0.5, 0.6) is 0 Å². The summed E-state index contributed by atoms with van der Waals surface area (Å²) in [6.07, 6.45) is 0. The number of nitrogens with two attached hydrogens (primary N) is 1. The first kappa shape index (κ1) is 12.3. The largest absolute Gasteiger partial charge is 0.478 e. The highest BCUT2D eigenvalue weighted by molar-refractivity contribution is 6.30. The molecule has 2 aromatic carbocycles. The standard InChI is InChI=1S/C13H11ClN2O2/c14-8-4-6-9(7-5-8)16-12-10(13(17)18)2-1-3-11(12)15/h1-7,16H,15H2,(H,17,18). The molecule has 4 nitrogen and oxygen atoms in total. The third kappa shape index (κ3) is 2.55. The zero-order valence-corrected chi connectivity index (χ0v) is 10.1. The molecule has 5 heteroatoms. The van der Waals surface area contributed by atoms with Crippen molar-refractivity contribution >= 4 is 34.6 Å². The molecule has 0 aliphatic heterocycles. The van der Waals surface area contributed by atoms with E-state index >= 15 is 0 Å². The number of anilines is 3. The second kappa shape index (κ2) is 4.98. The number of rotatable bonds is 3. The molecule has 0 spiro atoms. The summed E-state index contributed by atoms with van der Waals surface area (Å²) in [5.74, 6) is -1.03. The Morgan fingerprint density at radius 1 is 1.17 bits per heavy atom. The van der Waals surface area contributed by atoms with Gasteiger partial charge in [-0.25, -0.2) is 4.79 Å². The fourth-order valence-corrected chi connectivity index (χ4v) is 1.69. The Morgan fingerprint density at radius 3 is 2.44 bits per heavy atom. The van der Waals surface area contributed by atoms with Gasteiger partial charge in [0.25, 0.3) is 0 Å². The van der Waals surface area contributed by atoms with E-state index in [4.69, 9.17) is 22.4 Å². The summed E-state index contributed by atoms with van der Waals surface area (Å²) in [7, 11) is 0.